The summed E-state index contributed by atoms with van der Waals surface area (Å²) in [5.41, 5.74) is 0.447. The van der Waals surface area contributed by atoms with Gasteiger partial charge in [0.05, 0.1) is 0 Å². The van der Waals surface area contributed by atoms with Gasteiger partial charge in [-0.2, -0.15) is 0 Å². The van der Waals surface area contributed by atoms with Crippen LogP contribution in [0, 0.1) is 5.82 Å². The molecule has 3 nitrogen and oxygen atoms in total. The first-order valence-electron chi connectivity index (χ1n) is 4.54. The van der Waals surface area contributed by atoms with Gasteiger partial charge in [-0.05, 0) is 36.5 Å². The fourth-order valence-corrected chi connectivity index (χ4v) is 1.69. The summed E-state index contributed by atoms with van der Waals surface area (Å²) in [6.45, 7) is 1.24. The highest BCUT2D eigenvalue weighted by Crippen LogP contribution is 2.09. The quantitative estimate of drug-likeness (QED) is 0.726. The molecule has 0 bridgehead atoms. The van der Waals surface area contributed by atoms with Crippen molar-refractivity contribution in [3.63, 3.8) is 0 Å². The van der Waals surface area contributed by atoms with Crippen molar-refractivity contribution in [1.82, 2.24) is 10.2 Å². The minimum absolute atomic E-state index is 0.190. The van der Waals surface area contributed by atoms with Gasteiger partial charge in [-0.3, -0.25) is 9.69 Å². The van der Waals surface area contributed by atoms with Gasteiger partial charge in [0.25, 0.3) is 5.91 Å². The molecular weight excluding hydrogens is 215 g/mol. The summed E-state index contributed by atoms with van der Waals surface area (Å²) in [4.78, 5) is 13.3. The van der Waals surface area contributed by atoms with Gasteiger partial charge >= 0.3 is 0 Å². The fourth-order valence-electron chi connectivity index (χ4n) is 1.41. The number of carbonyl (C=O) groups excluding carboxylic acids is 1. The highest BCUT2D eigenvalue weighted by Gasteiger charge is 2.23. The van der Waals surface area contributed by atoms with Crippen LogP contribution in [0.3, 0.4) is 0 Å². The lowest BCUT2D eigenvalue weighted by Crippen LogP contribution is -2.33. The monoisotopic (exact) mass is 224 g/mol. The highest BCUT2D eigenvalue weighted by atomic mass is 32.1. The zero-order chi connectivity index (χ0) is 10.8. The first kappa shape index (κ1) is 10.0. The lowest BCUT2D eigenvalue weighted by molar-refractivity contribution is 0.0861. The minimum Gasteiger partial charge on any atom is -0.360 e. The van der Waals surface area contributed by atoms with Crippen molar-refractivity contribution in [2.45, 2.75) is 0 Å². The molecule has 0 radical (unpaired) electrons. The number of amides is 1. The number of benzene rings is 1. The molecule has 1 saturated heterocycles. The molecule has 1 amide bonds. The smallest absolute Gasteiger partial charge is 0.260 e. The molecule has 1 fully saturated rings. The minimum atomic E-state index is -0.353. The molecule has 1 N–H and O–H groups in total. The number of hydrogen-bond donors (Lipinski definition) is 1. The van der Waals surface area contributed by atoms with Crippen LogP contribution in [0.15, 0.2) is 24.3 Å². The predicted molar refractivity (Wildman–Crippen MR) is 58.0 cm³/mol. The van der Waals surface area contributed by atoms with Crippen molar-refractivity contribution >= 4 is 23.2 Å². The third kappa shape index (κ3) is 1.97. The predicted octanol–water partition coefficient (Wildman–Crippen LogP) is 1.16. The number of carbonyl (C=O) groups is 1. The molecule has 0 aliphatic carbocycles. The van der Waals surface area contributed by atoms with E-state index in [1.165, 1.54) is 29.2 Å². The van der Waals surface area contributed by atoms with E-state index in [1.807, 2.05) is 0 Å². The largest absolute Gasteiger partial charge is 0.360 e. The normalized spacial score (nSPS) is 15.3. The molecule has 1 aromatic carbocycles. The summed E-state index contributed by atoms with van der Waals surface area (Å²) < 4.78 is 12.6. The molecule has 2 rings (SSSR count). The lowest BCUT2D eigenvalue weighted by atomic mass is 10.2. The van der Waals surface area contributed by atoms with Crippen molar-refractivity contribution in [3.8, 4) is 0 Å². The van der Waals surface area contributed by atoms with Crippen molar-refractivity contribution < 1.29 is 9.18 Å². The molecule has 1 aliphatic heterocycles. The average molecular weight is 224 g/mol. The van der Waals surface area contributed by atoms with Gasteiger partial charge in [0.1, 0.15) is 5.82 Å². The molecule has 5 heteroatoms. The summed E-state index contributed by atoms with van der Waals surface area (Å²) >= 11 is 4.96. The van der Waals surface area contributed by atoms with E-state index in [9.17, 15) is 9.18 Å². The maximum absolute atomic E-state index is 12.6. The summed E-state index contributed by atoms with van der Waals surface area (Å²) in [5.74, 6) is -0.543. The van der Waals surface area contributed by atoms with Crippen LogP contribution in [0.1, 0.15) is 10.4 Å². The number of halogens is 1. The topological polar surface area (TPSA) is 32.3 Å². The zero-order valence-corrected chi connectivity index (χ0v) is 8.68. The van der Waals surface area contributed by atoms with E-state index in [1.54, 1.807) is 0 Å². The molecule has 1 aliphatic rings. The highest BCUT2D eigenvalue weighted by molar-refractivity contribution is 7.80. The Balaban J connectivity index is 2.20. The Morgan fingerprint density at radius 2 is 2.07 bits per heavy atom. The second-order valence-electron chi connectivity index (χ2n) is 3.20. The maximum atomic E-state index is 12.6. The summed E-state index contributed by atoms with van der Waals surface area (Å²) in [5, 5.41) is 3.33. The van der Waals surface area contributed by atoms with Crippen LogP contribution in [0.2, 0.25) is 0 Å². The number of thiocarbonyl (C=S) groups is 1. The van der Waals surface area contributed by atoms with Crippen molar-refractivity contribution in [3.05, 3.63) is 35.6 Å². The van der Waals surface area contributed by atoms with Crippen LogP contribution in [-0.2, 0) is 0 Å². The Kier molecular flexibility index (Phi) is 2.64. The maximum Gasteiger partial charge on any atom is 0.260 e. The molecule has 0 unspecified atom stereocenters. The van der Waals surface area contributed by atoms with E-state index in [-0.39, 0.29) is 11.7 Å². The standard InChI is InChI=1S/C10H9FN2OS/c11-8-3-1-7(2-4-8)9(14)13-6-5-12-10(13)15/h1-4H,5-6H2,(H,12,15). The average Bonchev–Trinajstić information content (AvgIpc) is 2.65. The molecule has 1 heterocycles. The van der Waals surface area contributed by atoms with Crippen LogP contribution >= 0.6 is 12.2 Å². The second-order valence-corrected chi connectivity index (χ2v) is 3.58. The summed E-state index contributed by atoms with van der Waals surface area (Å²) in [7, 11) is 0. The number of hydrogen-bond acceptors (Lipinski definition) is 2. The number of rotatable bonds is 1. The van der Waals surface area contributed by atoms with Gasteiger partial charge in [-0.25, -0.2) is 4.39 Å². The molecule has 0 spiro atoms. The first-order valence-corrected chi connectivity index (χ1v) is 4.94. The van der Waals surface area contributed by atoms with Gasteiger partial charge in [0, 0.05) is 18.7 Å². The fraction of sp³-hybridized carbons (Fsp3) is 0.200. The van der Waals surface area contributed by atoms with E-state index >= 15 is 0 Å². The van der Waals surface area contributed by atoms with Gasteiger partial charge in [-0.15, -0.1) is 0 Å². The van der Waals surface area contributed by atoms with Crippen LogP contribution in [0.4, 0.5) is 4.39 Å². The van der Waals surface area contributed by atoms with E-state index in [0.717, 1.165) is 0 Å². The van der Waals surface area contributed by atoms with E-state index < -0.39 is 0 Å². The van der Waals surface area contributed by atoms with Crippen LogP contribution in [0.25, 0.3) is 0 Å². The summed E-state index contributed by atoms with van der Waals surface area (Å²) in [6.07, 6.45) is 0. The van der Waals surface area contributed by atoms with Crippen molar-refractivity contribution in [2.75, 3.05) is 13.1 Å². The van der Waals surface area contributed by atoms with Crippen molar-refractivity contribution in [2.24, 2.45) is 0 Å². The lowest BCUT2D eigenvalue weighted by Gasteiger charge is -2.13. The molecular formula is C10H9FN2OS. The molecule has 15 heavy (non-hydrogen) atoms. The molecule has 0 saturated carbocycles. The molecule has 78 valence electrons. The van der Waals surface area contributed by atoms with Gasteiger partial charge < -0.3 is 5.32 Å². The third-order valence-corrected chi connectivity index (χ3v) is 2.56. The number of nitrogens with zero attached hydrogens (tertiary/aromatic N) is 1. The van der Waals surface area contributed by atoms with E-state index in [2.05, 4.69) is 5.32 Å². The molecule has 0 atom stereocenters. The number of nitrogens with one attached hydrogen (secondary N) is 1. The molecule has 0 aromatic heterocycles. The second kappa shape index (κ2) is 3.94. The van der Waals surface area contributed by atoms with Crippen molar-refractivity contribution in [1.29, 1.82) is 0 Å². The Morgan fingerprint density at radius 3 is 2.60 bits per heavy atom. The SMILES string of the molecule is O=C(c1ccc(F)cc1)N1CCNC1=S. The zero-order valence-electron chi connectivity index (χ0n) is 7.87. The van der Waals surface area contributed by atoms with Gasteiger partial charge in [0.2, 0.25) is 0 Å². The summed E-state index contributed by atoms with van der Waals surface area (Å²) in [6, 6.07) is 5.44. The third-order valence-electron chi connectivity index (χ3n) is 2.19. The van der Waals surface area contributed by atoms with Gasteiger partial charge in [-0.1, -0.05) is 0 Å². The Labute approximate surface area is 91.9 Å². The Hall–Kier alpha value is -1.49. The Morgan fingerprint density at radius 1 is 1.40 bits per heavy atom. The first-order chi connectivity index (χ1) is 7.18. The Bertz CT molecular complexity index is 404. The van der Waals surface area contributed by atoms with Gasteiger partial charge in [0.15, 0.2) is 5.11 Å². The van der Waals surface area contributed by atoms with E-state index in [4.69, 9.17) is 12.2 Å². The van der Waals surface area contributed by atoms with Crippen LogP contribution in [-0.4, -0.2) is 29.0 Å². The molecule has 1 aromatic rings. The van der Waals surface area contributed by atoms with Crippen LogP contribution < -0.4 is 5.32 Å². The van der Waals surface area contributed by atoms with E-state index in [0.29, 0.717) is 23.8 Å². The van der Waals surface area contributed by atoms with Crippen LogP contribution in [0.5, 0.6) is 0 Å².